The van der Waals surface area contributed by atoms with Crippen molar-refractivity contribution in [1.29, 1.82) is 0 Å². The van der Waals surface area contributed by atoms with E-state index < -0.39 is 0 Å². The first-order valence-corrected chi connectivity index (χ1v) is 12.0. The van der Waals surface area contributed by atoms with Crippen molar-refractivity contribution in [3.63, 3.8) is 0 Å². The van der Waals surface area contributed by atoms with Crippen molar-refractivity contribution in [2.24, 2.45) is 10.7 Å². The zero-order chi connectivity index (χ0) is 24.2. The summed E-state index contributed by atoms with van der Waals surface area (Å²) in [4.78, 5) is 6.75. The first-order valence-electron chi connectivity index (χ1n) is 12.0. The average Bonchev–Trinajstić information content (AvgIpc) is 3.36. The normalized spacial score (nSPS) is 23.1. The van der Waals surface area contributed by atoms with Gasteiger partial charge in [0, 0.05) is 36.5 Å². The Hall–Kier alpha value is -4.01. The maximum Gasteiger partial charge on any atom is 0.195 e. The first-order chi connectivity index (χ1) is 17.1. The summed E-state index contributed by atoms with van der Waals surface area (Å²) in [5.41, 5.74) is 10.8. The van der Waals surface area contributed by atoms with Crippen LogP contribution in [-0.4, -0.2) is 50.0 Å². The number of nitrogens with zero attached hydrogens (tertiary/aromatic N) is 2. The molecular formula is C26H32N6O3. The summed E-state index contributed by atoms with van der Waals surface area (Å²) in [6.07, 6.45) is 5.33. The maximum absolute atomic E-state index is 10.4. The zero-order valence-corrected chi connectivity index (χ0v) is 19.9. The van der Waals surface area contributed by atoms with Crippen LogP contribution in [0.3, 0.4) is 0 Å². The minimum absolute atomic E-state index is 0.0285. The number of hydrogen-bond acceptors (Lipinski definition) is 9. The van der Waals surface area contributed by atoms with Crippen molar-refractivity contribution < 1.29 is 14.6 Å². The minimum Gasteiger partial charge on any atom is -0.504 e. The van der Waals surface area contributed by atoms with E-state index in [1.54, 1.807) is 12.1 Å². The van der Waals surface area contributed by atoms with Gasteiger partial charge in [-0.05, 0) is 55.1 Å². The molecule has 35 heavy (non-hydrogen) atoms. The van der Waals surface area contributed by atoms with Crippen molar-refractivity contribution in [3.8, 4) is 17.2 Å². The number of aromatic hydroxyl groups is 1. The molecule has 0 fully saturated rings. The molecule has 0 saturated heterocycles. The Balaban J connectivity index is 1.42. The quantitative estimate of drug-likeness (QED) is 0.449. The lowest BCUT2D eigenvalue weighted by Gasteiger charge is -2.37. The molecule has 1 atom stereocenters. The number of phenols is 1. The van der Waals surface area contributed by atoms with Gasteiger partial charge in [-0.3, -0.25) is 4.99 Å². The van der Waals surface area contributed by atoms with E-state index in [1.807, 2.05) is 31.3 Å². The van der Waals surface area contributed by atoms with Gasteiger partial charge in [-0.15, -0.1) is 0 Å². The predicted molar refractivity (Wildman–Crippen MR) is 138 cm³/mol. The summed E-state index contributed by atoms with van der Waals surface area (Å²) < 4.78 is 11.9. The third-order valence-electron chi connectivity index (χ3n) is 6.38. The van der Waals surface area contributed by atoms with Crippen molar-refractivity contribution >= 4 is 17.3 Å². The summed E-state index contributed by atoms with van der Waals surface area (Å²) in [6, 6.07) is 11.6. The molecule has 0 radical (unpaired) electrons. The van der Waals surface area contributed by atoms with Gasteiger partial charge in [0.25, 0.3) is 0 Å². The Bertz CT molecular complexity index is 1180. The molecule has 4 aliphatic heterocycles. The van der Waals surface area contributed by atoms with Crippen LogP contribution in [0, 0.1) is 0 Å². The summed E-state index contributed by atoms with van der Waals surface area (Å²) >= 11 is 0. The molecule has 0 spiro atoms. The van der Waals surface area contributed by atoms with Crippen LogP contribution in [0.25, 0.3) is 0 Å². The molecule has 0 aromatic heterocycles. The molecule has 6 rings (SSSR count). The molecule has 0 saturated carbocycles. The number of guanidine groups is 1. The molecule has 9 nitrogen and oxygen atoms in total. The molecule has 4 aliphatic rings. The molecule has 6 N–H and O–H groups in total. The molecule has 2 bridgehead atoms. The van der Waals surface area contributed by atoms with Gasteiger partial charge in [0.15, 0.2) is 17.5 Å². The van der Waals surface area contributed by atoms with Crippen LogP contribution >= 0.6 is 0 Å². The van der Waals surface area contributed by atoms with Gasteiger partial charge in [0.1, 0.15) is 12.4 Å². The molecule has 4 heterocycles. The van der Waals surface area contributed by atoms with E-state index in [0.29, 0.717) is 37.5 Å². The Kier molecular flexibility index (Phi) is 6.56. The maximum atomic E-state index is 10.4. The van der Waals surface area contributed by atoms with E-state index in [2.05, 4.69) is 38.0 Å². The number of fused-ring (bicyclic) bond motifs is 10. The number of anilines is 2. The van der Waals surface area contributed by atoms with E-state index in [0.717, 1.165) is 54.0 Å². The Labute approximate surface area is 205 Å². The first kappa shape index (κ1) is 22.8. The van der Waals surface area contributed by atoms with Gasteiger partial charge in [-0.2, -0.15) is 0 Å². The summed E-state index contributed by atoms with van der Waals surface area (Å²) in [5, 5.41) is 20.4. The van der Waals surface area contributed by atoms with E-state index in [-0.39, 0.29) is 11.8 Å². The lowest BCUT2D eigenvalue weighted by molar-refractivity contribution is 0.274. The predicted octanol–water partition coefficient (Wildman–Crippen LogP) is 2.65. The van der Waals surface area contributed by atoms with Gasteiger partial charge >= 0.3 is 0 Å². The Morgan fingerprint density at radius 3 is 2.83 bits per heavy atom. The fourth-order valence-electron chi connectivity index (χ4n) is 4.45. The number of allylic oxidation sites excluding steroid dienone is 2. The number of benzene rings is 2. The van der Waals surface area contributed by atoms with Crippen molar-refractivity contribution in [1.82, 2.24) is 10.6 Å². The number of phenolic OH excluding ortho intramolecular Hbond substituents is 1. The van der Waals surface area contributed by atoms with Crippen molar-refractivity contribution in [2.45, 2.75) is 25.8 Å². The Morgan fingerprint density at radius 2 is 2.00 bits per heavy atom. The SMILES string of the molecule is C/C1=C(/N)Cc2ccc(c(O)c2)OCCC(N2CCOc3ccc(NC4=NCCN4)cc32)/C=C\N1. The van der Waals surface area contributed by atoms with Crippen LogP contribution in [0.15, 0.2) is 65.1 Å². The highest BCUT2D eigenvalue weighted by Crippen LogP contribution is 2.36. The highest BCUT2D eigenvalue weighted by molar-refractivity contribution is 5.95. The molecule has 1 unspecified atom stereocenters. The lowest BCUT2D eigenvalue weighted by atomic mass is 10.1. The highest BCUT2D eigenvalue weighted by Gasteiger charge is 2.25. The van der Waals surface area contributed by atoms with E-state index >= 15 is 0 Å². The number of hydrogen-bond donors (Lipinski definition) is 5. The van der Waals surface area contributed by atoms with Gasteiger partial charge in [0.05, 0.1) is 31.4 Å². The van der Waals surface area contributed by atoms with E-state index in [9.17, 15) is 5.11 Å². The van der Waals surface area contributed by atoms with Crippen molar-refractivity contribution in [3.05, 3.63) is 65.6 Å². The summed E-state index contributed by atoms with van der Waals surface area (Å²) in [6.45, 7) is 5.37. The zero-order valence-electron chi connectivity index (χ0n) is 19.9. The molecule has 2 aromatic rings. The minimum atomic E-state index is 0.0285. The van der Waals surface area contributed by atoms with Crippen LogP contribution in [0.4, 0.5) is 11.4 Å². The number of aliphatic imine (C=N–C) groups is 1. The number of nitrogens with one attached hydrogen (secondary N) is 3. The van der Waals surface area contributed by atoms with E-state index in [4.69, 9.17) is 15.2 Å². The van der Waals surface area contributed by atoms with Crippen LogP contribution in [0.1, 0.15) is 18.9 Å². The smallest absolute Gasteiger partial charge is 0.195 e. The number of rotatable bonds is 2. The second-order valence-corrected chi connectivity index (χ2v) is 8.84. The second kappa shape index (κ2) is 10.1. The van der Waals surface area contributed by atoms with Crippen LogP contribution in [0.2, 0.25) is 0 Å². The summed E-state index contributed by atoms with van der Waals surface area (Å²) in [7, 11) is 0. The van der Waals surface area contributed by atoms with Gasteiger partial charge in [0.2, 0.25) is 0 Å². The van der Waals surface area contributed by atoms with Gasteiger partial charge in [-0.25, -0.2) is 0 Å². The van der Waals surface area contributed by atoms with Gasteiger partial charge in [-0.1, -0.05) is 6.07 Å². The number of nitrogens with two attached hydrogens (primary N) is 1. The average molecular weight is 477 g/mol. The molecule has 0 amide bonds. The van der Waals surface area contributed by atoms with Crippen LogP contribution in [0.5, 0.6) is 17.2 Å². The monoisotopic (exact) mass is 476 g/mol. The summed E-state index contributed by atoms with van der Waals surface area (Å²) in [5.74, 6) is 2.23. The van der Waals surface area contributed by atoms with E-state index in [1.165, 1.54) is 0 Å². The third-order valence-corrected chi connectivity index (χ3v) is 6.38. The topological polar surface area (TPSA) is 116 Å². The third kappa shape index (κ3) is 5.24. The lowest BCUT2D eigenvalue weighted by Crippen LogP contribution is -2.41. The number of ether oxygens (including phenoxy) is 2. The van der Waals surface area contributed by atoms with Gasteiger partial charge < -0.3 is 41.2 Å². The largest absolute Gasteiger partial charge is 0.504 e. The molecule has 184 valence electrons. The molecule has 0 aliphatic carbocycles. The fourth-order valence-corrected chi connectivity index (χ4v) is 4.45. The molecule has 9 heteroatoms. The molecular weight excluding hydrogens is 444 g/mol. The highest BCUT2D eigenvalue weighted by atomic mass is 16.5. The van der Waals surface area contributed by atoms with Crippen molar-refractivity contribution in [2.75, 3.05) is 43.1 Å². The van der Waals surface area contributed by atoms with Crippen LogP contribution < -0.4 is 36.1 Å². The van der Waals surface area contributed by atoms with Crippen LogP contribution in [-0.2, 0) is 6.42 Å². The molecule has 2 aromatic carbocycles. The standard InChI is InChI=1S/C26H32N6O3/c1-17-21(27)14-18-2-4-25(23(33)15-18)34-12-7-20(6-8-28-17)32-11-13-35-24-5-3-19(16-22(24)32)31-26-29-9-10-30-26/h2-6,8,15-16,20,28,33H,7,9-14,27H2,1H3,(H2,29,30,31)/b8-6-,21-17-. The fraction of sp³-hybridized carbons (Fsp3) is 0.346. The second-order valence-electron chi connectivity index (χ2n) is 8.84. The Morgan fingerprint density at radius 1 is 1.14 bits per heavy atom.